The molecule has 16 heavy (non-hydrogen) atoms. The number of nitrogens with zero attached hydrogens (tertiary/aromatic N) is 2. The van der Waals surface area contributed by atoms with Crippen molar-refractivity contribution in [1.29, 1.82) is 5.26 Å². The second-order valence-corrected chi connectivity index (χ2v) is 6.51. The second-order valence-electron chi connectivity index (χ2n) is 4.26. The molecule has 0 saturated carbocycles. The van der Waals surface area contributed by atoms with Crippen molar-refractivity contribution in [2.24, 2.45) is 11.7 Å². The standard InChI is InChI=1S/C10H19N3O2S/c1-9(7-12)16(14,15)13-6-2-3-10(8-13)4-5-11/h9-10H,2-6,8,11H2,1H3. The highest BCUT2D eigenvalue weighted by Gasteiger charge is 2.32. The maximum atomic E-state index is 11.9. The normalized spacial score (nSPS) is 24.9. The maximum absolute atomic E-state index is 11.9. The molecule has 5 nitrogen and oxygen atoms in total. The molecule has 2 N–H and O–H groups in total. The lowest BCUT2D eigenvalue weighted by Crippen LogP contribution is -2.43. The smallest absolute Gasteiger partial charge is 0.230 e. The van der Waals surface area contributed by atoms with E-state index in [0.29, 0.717) is 25.6 Å². The number of piperidine rings is 1. The monoisotopic (exact) mass is 245 g/mol. The van der Waals surface area contributed by atoms with Gasteiger partial charge in [-0.05, 0) is 38.6 Å². The van der Waals surface area contributed by atoms with Crippen molar-refractivity contribution >= 4 is 10.0 Å². The van der Waals surface area contributed by atoms with Gasteiger partial charge >= 0.3 is 0 Å². The van der Waals surface area contributed by atoms with Crippen molar-refractivity contribution in [3.63, 3.8) is 0 Å². The molecule has 1 fully saturated rings. The molecule has 1 heterocycles. The minimum atomic E-state index is -3.43. The Morgan fingerprint density at radius 1 is 1.62 bits per heavy atom. The zero-order chi connectivity index (χ0) is 12.2. The first kappa shape index (κ1) is 13.4. The summed E-state index contributed by atoms with van der Waals surface area (Å²) in [6, 6.07) is 1.80. The predicted octanol–water partition coefficient (Wildman–Crippen LogP) is 0.289. The summed E-state index contributed by atoms with van der Waals surface area (Å²) in [5.74, 6) is 0.347. The topological polar surface area (TPSA) is 87.2 Å². The number of nitriles is 1. The van der Waals surface area contributed by atoms with Gasteiger partial charge in [0, 0.05) is 13.1 Å². The summed E-state index contributed by atoms with van der Waals surface area (Å²) in [4.78, 5) is 0. The fourth-order valence-corrected chi connectivity index (χ4v) is 3.40. The fourth-order valence-electron chi connectivity index (χ4n) is 2.02. The van der Waals surface area contributed by atoms with E-state index in [1.807, 2.05) is 0 Å². The van der Waals surface area contributed by atoms with Gasteiger partial charge in [0.1, 0.15) is 0 Å². The van der Waals surface area contributed by atoms with Crippen LogP contribution in [0.3, 0.4) is 0 Å². The molecule has 1 aliphatic rings. The molecule has 0 amide bonds. The molecule has 1 saturated heterocycles. The van der Waals surface area contributed by atoms with Crippen LogP contribution >= 0.6 is 0 Å². The highest BCUT2D eigenvalue weighted by molar-refractivity contribution is 7.89. The zero-order valence-electron chi connectivity index (χ0n) is 9.59. The van der Waals surface area contributed by atoms with Crippen molar-refractivity contribution in [1.82, 2.24) is 4.31 Å². The van der Waals surface area contributed by atoms with Gasteiger partial charge < -0.3 is 5.73 Å². The number of hydrogen-bond acceptors (Lipinski definition) is 4. The van der Waals surface area contributed by atoms with Crippen LogP contribution in [0.2, 0.25) is 0 Å². The van der Waals surface area contributed by atoms with Crippen LogP contribution in [-0.4, -0.2) is 37.6 Å². The Labute approximate surface area is 97.3 Å². The second kappa shape index (κ2) is 5.62. The molecule has 0 aromatic carbocycles. The van der Waals surface area contributed by atoms with E-state index in [-0.39, 0.29) is 0 Å². The number of rotatable bonds is 4. The highest BCUT2D eigenvalue weighted by atomic mass is 32.2. The van der Waals surface area contributed by atoms with E-state index in [9.17, 15) is 8.42 Å². The van der Waals surface area contributed by atoms with Crippen molar-refractivity contribution < 1.29 is 8.42 Å². The van der Waals surface area contributed by atoms with Gasteiger partial charge in [0.2, 0.25) is 10.0 Å². The minimum absolute atomic E-state index is 0.347. The molecule has 0 bridgehead atoms. The first-order chi connectivity index (χ1) is 7.52. The molecule has 1 rings (SSSR count). The summed E-state index contributed by atoms with van der Waals surface area (Å²) >= 11 is 0. The SMILES string of the molecule is CC(C#N)S(=O)(=O)N1CCCC(CCN)C1. The Hall–Kier alpha value is -0.640. The van der Waals surface area contributed by atoms with Crippen LogP contribution in [0.25, 0.3) is 0 Å². The van der Waals surface area contributed by atoms with Crippen molar-refractivity contribution in [2.45, 2.75) is 31.4 Å². The van der Waals surface area contributed by atoms with Gasteiger partial charge in [0.25, 0.3) is 0 Å². The van der Waals surface area contributed by atoms with Crippen LogP contribution < -0.4 is 5.73 Å². The number of nitrogens with two attached hydrogens (primary N) is 1. The molecular formula is C10H19N3O2S. The molecule has 2 atom stereocenters. The van der Waals surface area contributed by atoms with Crippen LogP contribution in [-0.2, 0) is 10.0 Å². The van der Waals surface area contributed by atoms with Gasteiger partial charge in [-0.15, -0.1) is 0 Å². The van der Waals surface area contributed by atoms with Crippen LogP contribution in [0.1, 0.15) is 26.2 Å². The maximum Gasteiger partial charge on any atom is 0.230 e. The van der Waals surface area contributed by atoms with E-state index in [0.717, 1.165) is 19.3 Å². The molecule has 0 aromatic rings. The lowest BCUT2D eigenvalue weighted by molar-refractivity contribution is 0.257. The summed E-state index contributed by atoms with van der Waals surface area (Å²) in [6.07, 6.45) is 2.75. The lowest BCUT2D eigenvalue weighted by atomic mass is 9.96. The number of hydrogen-bond donors (Lipinski definition) is 1. The molecule has 6 heteroatoms. The predicted molar refractivity (Wildman–Crippen MR) is 62.0 cm³/mol. The first-order valence-corrected chi connectivity index (χ1v) is 7.11. The minimum Gasteiger partial charge on any atom is -0.330 e. The van der Waals surface area contributed by atoms with E-state index in [2.05, 4.69) is 0 Å². The summed E-state index contributed by atoms with van der Waals surface area (Å²) in [6.45, 7) is 3.08. The zero-order valence-corrected chi connectivity index (χ0v) is 10.4. The van der Waals surface area contributed by atoms with Crippen molar-refractivity contribution in [3.05, 3.63) is 0 Å². The van der Waals surface area contributed by atoms with Gasteiger partial charge in [-0.2, -0.15) is 5.26 Å². The third-order valence-corrected chi connectivity index (χ3v) is 5.10. The average molecular weight is 245 g/mol. The Bertz CT molecular complexity index is 359. The van der Waals surface area contributed by atoms with Gasteiger partial charge in [0.05, 0.1) is 6.07 Å². The molecule has 0 aromatic heterocycles. The Balaban J connectivity index is 2.71. The van der Waals surface area contributed by atoms with E-state index >= 15 is 0 Å². The van der Waals surface area contributed by atoms with Gasteiger partial charge in [0.15, 0.2) is 5.25 Å². The summed E-state index contributed by atoms with van der Waals surface area (Å²) in [5.41, 5.74) is 5.48. The largest absolute Gasteiger partial charge is 0.330 e. The molecule has 0 radical (unpaired) electrons. The molecule has 92 valence electrons. The summed E-state index contributed by atoms with van der Waals surface area (Å²) in [7, 11) is -3.43. The molecule has 1 aliphatic heterocycles. The van der Waals surface area contributed by atoms with Crippen LogP contribution in [0.5, 0.6) is 0 Å². The van der Waals surface area contributed by atoms with Crippen LogP contribution in [0, 0.1) is 17.2 Å². The van der Waals surface area contributed by atoms with Gasteiger partial charge in [-0.3, -0.25) is 0 Å². The molecular weight excluding hydrogens is 226 g/mol. The Morgan fingerprint density at radius 3 is 2.88 bits per heavy atom. The fraction of sp³-hybridized carbons (Fsp3) is 0.900. The van der Waals surface area contributed by atoms with E-state index in [4.69, 9.17) is 11.0 Å². The van der Waals surface area contributed by atoms with Crippen molar-refractivity contribution in [2.75, 3.05) is 19.6 Å². The Kier molecular flexibility index (Phi) is 4.71. The highest BCUT2D eigenvalue weighted by Crippen LogP contribution is 2.22. The van der Waals surface area contributed by atoms with Crippen molar-refractivity contribution in [3.8, 4) is 6.07 Å². The summed E-state index contributed by atoms with van der Waals surface area (Å²) in [5, 5.41) is 7.74. The van der Waals surface area contributed by atoms with Crippen LogP contribution in [0.15, 0.2) is 0 Å². The average Bonchev–Trinajstić information content (AvgIpc) is 2.28. The Morgan fingerprint density at radius 2 is 2.31 bits per heavy atom. The van der Waals surface area contributed by atoms with E-state index < -0.39 is 15.3 Å². The third kappa shape index (κ3) is 2.94. The van der Waals surface area contributed by atoms with Gasteiger partial charge in [-0.1, -0.05) is 0 Å². The molecule has 0 aliphatic carbocycles. The van der Waals surface area contributed by atoms with E-state index in [1.54, 1.807) is 6.07 Å². The molecule has 0 spiro atoms. The number of sulfonamides is 1. The lowest BCUT2D eigenvalue weighted by Gasteiger charge is -2.32. The first-order valence-electron chi connectivity index (χ1n) is 5.61. The van der Waals surface area contributed by atoms with Crippen LogP contribution in [0.4, 0.5) is 0 Å². The quantitative estimate of drug-likeness (QED) is 0.771. The summed E-state index contributed by atoms with van der Waals surface area (Å²) < 4.78 is 25.3. The third-order valence-electron chi connectivity index (χ3n) is 3.05. The van der Waals surface area contributed by atoms with Gasteiger partial charge in [-0.25, -0.2) is 12.7 Å². The molecule has 2 unspecified atom stereocenters. The van der Waals surface area contributed by atoms with E-state index in [1.165, 1.54) is 11.2 Å².